The lowest BCUT2D eigenvalue weighted by Gasteiger charge is -2.08. The molecule has 6 heteroatoms. The summed E-state index contributed by atoms with van der Waals surface area (Å²) in [4.78, 5) is 21.7. The van der Waals surface area contributed by atoms with Crippen LogP contribution in [0.4, 0.5) is 4.79 Å². The molecule has 6 nitrogen and oxygen atoms in total. The topological polar surface area (TPSA) is 102 Å². The summed E-state index contributed by atoms with van der Waals surface area (Å²) in [6.45, 7) is 3.12. The van der Waals surface area contributed by atoms with E-state index in [4.69, 9.17) is 15.6 Å². The van der Waals surface area contributed by atoms with Crippen molar-refractivity contribution in [2.24, 2.45) is 17.6 Å². The smallest absolute Gasteiger partial charge is 0.407 e. The normalized spacial score (nSPS) is 23.2. The zero-order valence-electron chi connectivity index (χ0n) is 10.7. The number of rotatable bonds is 8. The number of alkyl carbamates (subject to hydrolysis) is 1. The molecule has 4 N–H and O–H groups in total. The molecule has 0 saturated heterocycles. The van der Waals surface area contributed by atoms with E-state index in [1.165, 1.54) is 0 Å². The van der Waals surface area contributed by atoms with Crippen LogP contribution < -0.4 is 11.1 Å². The van der Waals surface area contributed by atoms with Gasteiger partial charge >= 0.3 is 12.1 Å². The van der Waals surface area contributed by atoms with Crippen LogP contribution in [0, 0.1) is 11.8 Å². The molecule has 104 valence electrons. The van der Waals surface area contributed by atoms with Crippen LogP contribution in [0.2, 0.25) is 0 Å². The number of unbranched alkanes of at least 4 members (excludes halogenated alkanes) is 1. The zero-order chi connectivity index (χ0) is 13.5. The SMILES string of the molecule is CC1CC1COC(=O)NCCCC[C@@H](N)C(=O)O. The van der Waals surface area contributed by atoms with Gasteiger partial charge in [0.25, 0.3) is 0 Å². The third-order valence-corrected chi connectivity index (χ3v) is 3.23. The molecule has 1 aliphatic rings. The molecule has 3 atom stereocenters. The number of carboxylic acids is 1. The lowest BCUT2D eigenvalue weighted by Crippen LogP contribution is -2.30. The molecule has 0 aromatic rings. The van der Waals surface area contributed by atoms with Gasteiger partial charge in [-0.2, -0.15) is 0 Å². The monoisotopic (exact) mass is 258 g/mol. The highest BCUT2D eigenvalue weighted by atomic mass is 16.5. The standard InChI is InChI=1S/C12H22N2O4/c1-8-6-9(8)7-18-12(17)14-5-3-2-4-10(13)11(15)16/h8-10H,2-7,13H2,1H3,(H,14,17)(H,15,16)/t8?,9?,10-/m1/s1. The molecule has 0 aromatic heterocycles. The van der Waals surface area contributed by atoms with Crippen LogP contribution in [0.25, 0.3) is 0 Å². The molecule has 0 aliphatic heterocycles. The average molecular weight is 258 g/mol. The zero-order valence-corrected chi connectivity index (χ0v) is 10.7. The quantitative estimate of drug-likeness (QED) is 0.563. The van der Waals surface area contributed by atoms with Crippen LogP contribution in [-0.4, -0.2) is 36.4 Å². The predicted octanol–water partition coefficient (Wildman–Crippen LogP) is 0.951. The Hall–Kier alpha value is -1.30. The third kappa shape index (κ3) is 5.86. The van der Waals surface area contributed by atoms with Crippen molar-refractivity contribution in [2.45, 2.75) is 38.6 Å². The Morgan fingerprint density at radius 1 is 1.50 bits per heavy atom. The van der Waals surface area contributed by atoms with E-state index in [1.54, 1.807) is 0 Å². The Kier molecular flexibility index (Phi) is 5.91. The highest BCUT2D eigenvalue weighted by Crippen LogP contribution is 2.37. The number of carbonyl (C=O) groups is 2. The van der Waals surface area contributed by atoms with E-state index in [1.807, 2.05) is 0 Å². The van der Waals surface area contributed by atoms with Crippen LogP contribution in [0.1, 0.15) is 32.6 Å². The number of hydrogen-bond acceptors (Lipinski definition) is 4. The molecule has 0 bridgehead atoms. The van der Waals surface area contributed by atoms with Gasteiger partial charge in [-0.1, -0.05) is 6.92 Å². The van der Waals surface area contributed by atoms with E-state index in [0.717, 1.165) is 6.42 Å². The van der Waals surface area contributed by atoms with E-state index < -0.39 is 18.1 Å². The second-order valence-corrected chi connectivity index (χ2v) is 4.94. The van der Waals surface area contributed by atoms with E-state index in [9.17, 15) is 9.59 Å². The van der Waals surface area contributed by atoms with Crippen molar-refractivity contribution < 1.29 is 19.4 Å². The van der Waals surface area contributed by atoms with Gasteiger partial charge < -0.3 is 20.9 Å². The molecule has 1 aliphatic carbocycles. The fourth-order valence-electron chi connectivity index (χ4n) is 1.67. The van der Waals surface area contributed by atoms with Crippen molar-refractivity contribution in [2.75, 3.05) is 13.2 Å². The van der Waals surface area contributed by atoms with E-state index in [0.29, 0.717) is 44.2 Å². The van der Waals surface area contributed by atoms with Gasteiger partial charge in [0.15, 0.2) is 0 Å². The summed E-state index contributed by atoms with van der Waals surface area (Å²) in [5, 5.41) is 11.2. The van der Waals surface area contributed by atoms with E-state index >= 15 is 0 Å². The summed E-state index contributed by atoms with van der Waals surface area (Å²) < 4.78 is 5.03. The molecule has 0 radical (unpaired) electrons. The lowest BCUT2D eigenvalue weighted by atomic mass is 10.1. The Bertz CT molecular complexity index is 296. The lowest BCUT2D eigenvalue weighted by molar-refractivity contribution is -0.138. The first-order valence-corrected chi connectivity index (χ1v) is 6.39. The number of nitrogens with two attached hydrogens (primary N) is 1. The van der Waals surface area contributed by atoms with Crippen molar-refractivity contribution in [3.8, 4) is 0 Å². The largest absolute Gasteiger partial charge is 0.480 e. The predicted molar refractivity (Wildman–Crippen MR) is 66.1 cm³/mol. The molecule has 1 fully saturated rings. The molecule has 0 aromatic carbocycles. The van der Waals surface area contributed by atoms with E-state index in [2.05, 4.69) is 12.2 Å². The van der Waals surface area contributed by atoms with Crippen LogP contribution in [0.3, 0.4) is 0 Å². The second-order valence-electron chi connectivity index (χ2n) is 4.94. The second kappa shape index (κ2) is 7.20. The minimum Gasteiger partial charge on any atom is -0.480 e. The molecule has 0 heterocycles. The number of carboxylic acid groups (broad SMARTS) is 1. The maximum Gasteiger partial charge on any atom is 0.407 e. The van der Waals surface area contributed by atoms with Crippen molar-refractivity contribution in [1.29, 1.82) is 0 Å². The molecule has 1 saturated carbocycles. The molecule has 0 spiro atoms. The van der Waals surface area contributed by atoms with Crippen molar-refractivity contribution in [3.05, 3.63) is 0 Å². The number of amides is 1. The summed E-state index contributed by atoms with van der Waals surface area (Å²) in [5.74, 6) is 0.223. The molecule has 18 heavy (non-hydrogen) atoms. The number of aliphatic carboxylic acids is 1. The Balaban J connectivity index is 1.90. The summed E-state index contributed by atoms with van der Waals surface area (Å²) >= 11 is 0. The summed E-state index contributed by atoms with van der Waals surface area (Å²) in [6, 6.07) is -0.812. The minimum absolute atomic E-state index is 0.392. The fraction of sp³-hybridized carbons (Fsp3) is 0.833. The fourth-order valence-corrected chi connectivity index (χ4v) is 1.67. The summed E-state index contributed by atoms with van der Waals surface area (Å²) in [5.41, 5.74) is 5.35. The maximum absolute atomic E-state index is 11.2. The van der Waals surface area contributed by atoms with Crippen LogP contribution >= 0.6 is 0 Å². The molecule has 1 amide bonds. The number of hydrogen-bond donors (Lipinski definition) is 3. The van der Waals surface area contributed by atoms with Crippen molar-refractivity contribution in [1.82, 2.24) is 5.32 Å². The van der Waals surface area contributed by atoms with Crippen LogP contribution in [0.5, 0.6) is 0 Å². The van der Waals surface area contributed by atoms with Gasteiger partial charge in [-0.3, -0.25) is 4.79 Å². The van der Waals surface area contributed by atoms with Gasteiger partial charge in [0.1, 0.15) is 6.04 Å². The Morgan fingerprint density at radius 2 is 2.17 bits per heavy atom. The molecule has 2 unspecified atom stereocenters. The first-order valence-electron chi connectivity index (χ1n) is 6.39. The van der Waals surface area contributed by atoms with Gasteiger partial charge in [-0.15, -0.1) is 0 Å². The minimum atomic E-state index is -0.985. The first-order chi connectivity index (χ1) is 8.50. The Labute approximate surface area is 107 Å². The highest BCUT2D eigenvalue weighted by Gasteiger charge is 2.33. The number of carbonyl (C=O) groups excluding carboxylic acids is 1. The average Bonchev–Trinajstić information content (AvgIpc) is 3.02. The molecular formula is C12H22N2O4. The maximum atomic E-state index is 11.2. The van der Waals surface area contributed by atoms with Gasteiger partial charge in [0.2, 0.25) is 0 Å². The summed E-state index contributed by atoms with van der Waals surface area (Å²) in [7, 11) is 0. The molecular weight excluding hydrogens is 236 g/mol. The van der Waals surface area contributed by atoms with Crippen molar-refractivity contribution in [3.63, 3.8) is 0 Å². The van der Waals surface area contributed by atoms with E-state index in [-0.39, 0.29) is 0 Å². The summed E-state index contributed by atoms with van der Waals surface area (Å²) in [6.07, 6.45) is 2.55. The van der Waals surface area contributed by atoms with Gasteiger partial charge in [-0.25, -0.2) is 4.79 Å². The number of nitrogens with one attached hydrogen (secondary N) is 1. The van der Waals surface area contributed by atoms with Gasteiger partial charge in [0.05, 0.1) is 6.61 Å². The van der Waals surface area contributed by atoms with Crippen molar-refractivity contribution >= 4 is 12.1 Å². The first kappa shape index (κ1) is 14.8. The molecule has 1 rings (SSSR count). The Morgan fingerprint density at radius 3 is 2.72 bits per heavy atom. The van der Waals surface area contributed by atoms with Gasteiger partial charge in [0, 0.05) is 6.54 Å². The van der Waals surface area contributed by atoms with Gasteiger partial charge in [-0.05, 0) is 37.5 Å². The van der Waals surface area contributed by atoms with Crippen LogP contribution in [-0.2, 0) is 9.53 Å². The number of ether oxygens (including phenoxy) is 1. The highest BCUT2D eigenvalue weighted by molar-refractivity contribution is 5.72. The van der Waals surface area contributed by atoms with Crippen LogP contribution in [0.15, 0.2) is 0 Å². The third-order valence-electron chi connectivity index (χ3n) is 3.23.